The van der Waals surface area contributed by atoms with Crippen LogP contribution in [0.5, 0.6) is 5.75 Å². The number of methoxy groups -OCH3 is 1. The molecule has 3 rings (SSSR count). The van der Waals surface area contributed by atoms with E-state index in [1.807, 2.05) is 13.8 Å². The number of amides is 2. The Balaban J connectivity index is 2.03. The first kappa shape index (κ1) is 31.0. The Hall–Kier alpha value is -3.56. The summed E-state index contributed by atoms with van der Waals surface area (Å²) in [5.41, 5.74) is 0.940. The van der Waals surface area contributed by atoms with Gasteiger partial charge in [-0.3, -0.25) is 13.9 Å². The van der Waals surface area contributed by atoms with E-state index in [2.05, 4.69) is 5.32 Å². The molecule has 0 radical (unpaired) electrons. The zero-order valence-corrected chi connectivity index (χ0v) is 24.6. The van der Waals surface area contributed by atoms with Gasteiger partial charge in [-0.25, -0.2) is 8.42 Å². The van der Waals surface area contributed by atoms with Crippen LogP contribution in [0.25, 0.3) is 0 Å². The lowest BCUT2D eigenvalue weighted by Crippen LogP contribution is -2.52. The second-order valence-electron chi connectivity index (χ2n) is 9.20. The standard InChI is InChI=1S/C30H36ClN3O5S/c1-4-6-20-32-30(36)28(5-2)33(21-23-12-10-11-15-27(23)31)29(35)22-34(24-16-18-25(39-3)19-17-24)40(37,38)26-13-8-7-9-14-26/h7-19,28H,4-6,20-22H2,1-3H3,(H,32,36)/t28-/m1/s1. The minimum absolute atomic E-state index is 0.0417. The SMILES string of the molecule is CCCCNC(=O)[C@@H](CC)N(Cc1ccccc1Cl)C(=O)CN(c1ccc(OC)cc1)S(=O)(=O)c1ccccc1. The number of halogens is 1. The predicted octanol–water partition coefficient (Wildman–Crippen LogP) is 5.27. The summed E-state index contributed by atoms with van der Waals surface area (Å²) in [7, 11) is -2.62. The minimum atomic E-state index is -4.14. The first-order valence-electron chi connectivity index (χ1n) is 13.2. The van der Waals surface area contributed by atoms with Gasteiger partial charge in [0.25, 0.3) is 10.0 Å². The third-order valence-corrected chi connectivity index (χ3v) is 8.64. The van der Waals surface area contributed by atoms with E-state index in [1.165, 1.54) is 24.1 Å². The third kappa shape index (κ3) is 7.76. The molecule has 40 heavy (non-hydrogen) atoms. The second-order valence-corrected chi connectivity index (χ2v) is 11.5. The van der Waals surface area contributed by atoms with Crippen LogP contribution >= 0.6 is 11.6 Å². The van der Waals surface area contributed by atoms with Crippen LogP contribution in [0.1, 0.15) is 38.7 Å². The van der Waals surface area contributed by atoms with Gasteiger partial charge in [-0.15, -0.1) is 0 Å². The quantitative estimate of drug-likeness (QED) is 0.260. The number of anilines is 1. The first-order chi connectivity index (χ1) is 19.2. The van der Waals surface area contributed by atoms with E-state index in [9.17, 15) is 18.0 Å². The molecule has 0 aliphatic heterocycles. The van der Waals surface area contributed by atoms with E-state index in [1.54, 1.807) is 66.7 Å². The molecule has 2 amide bonds. The number of sulfonamides is 1. The van der Waals surface area contributed by atoms with Gasteiger partial charge in [-0.2, -0.15) is 0 Å². The van der Waals surface area contributed by atoms with Crippen molar-refractivity contribution in [2.24, 2.45) is 0 Å². The van der Waals surface area contributed by atoms with Gasteiger partial charge in [0.15, 0.2) is 0 Å². The number of hydrogen-bond acceptors (Lipinski definition) is 5. The van der Waals surface area contributed by atoms with Crippen LogP contribution in [0.4, 0.5) is 5.69 Å². The molecule has 1 atom stereocenters. The predicted molar refractivity (Wildman–Crippen MR) is 158 cm³/mol. The maximum Gasteiger partial charge on any atom is 0.264 e. The first-order valence-corrected chi connectivity index (χ1v) is 15.1. The molecule has 0 saturated heterocycles. The lowest BCUT2D eigenvalue weighted by molar-refractivity contribution is -0.140. The Morgan fingerprint density at radius 3 is 2.20 bits per heavy atom. The van der Waals surface area contributed by atoms with E-state index >= 15 is 0 Å². The summed E-state index contributed by atoms with van der Waals surface area (Å²) in [4.78, 5) is 28.7. The molecular weight excluding hydrogens is 550 g/mol. The number of nitrogens with one attached hydrogen (secondary N) is 1. The molecular formula is C30H36ClN3O5S. The fraction of sp³-hybridized carbons (Fsp3) is 0.333. The molecule has 10 heteroatoms. The van der Waals surface area contributed by atoms with E-state index in [-0.39, 0.29) is 23.0 Å². The molecule has 0 aliphatic rings. The van der Waals surface area contributed by atoms with Crippen molar-refractivity contribution < 1.29 is 22.7 Å². The molecule has 0 saturated carbocycles. The summed E-state index contributed by atoms with van der Waals surface area (Å²) in [5, 5.41) is 3.36. The molecule has 214 valence electrons. The van der Waals surface area contributed by atoms with Gasteiger partial charge >= 0.3 is 0 Å². The molecule has 0 aliphatic carbocycles. The molecule has 0 heterocycles. The van der Waals surface area contributed by atoms with Gasteiger partial charge < -0.3 is 15.0 Å². The highest BCUT2D eigenvalue weighted by Gasteiger charge is 2.33. The highest BCUT2D eigenvalue weighted by atomic mass is 35.5. The van der Waals surface area contributed by atoms with Gasteiger partial charge in [-0.1, -0.05) is 68.3 Å². The highest BCUT2D eigenvalue weighted by molar-refractivity contribution is 7.92. The van der Waals surface area contributed by atoms with Gasteiger partial charge in [-0.05, 0) is 60.9 Å². The summed E-state index contributed by atoms with van der Waals surface area (Å²) in [6, 6.07) is 20.6. The van der Waals surface area contributed by atoms with Crippen molar-refractivity contribution in [3.63, 3.8) is 0 Å². The van der Waals surface area contributed by atoms with Crippen LogP contribution in [0.15, 0.2) is 83.8 Å². The van der Waals surface area contributed by atoms with Crippen molar-refractivity contribution in [3.8, 4) is 5.75 Å². The molecule has 3 aromatic carbocycles. The van der Waals surface area contributed by atoms with E-state index < -0.39 is 28.5 Å². The summed E-state index contributed by atoms with van der Waals surface area (Å²) in [5.74, 6) is -0.284. The van der Waals surface area contributed by atoms with Crippen molar-refractivity contribution in [1.29, 1.82) is 0 Å². The summed E-state index contributed by atoms with van der Waals surface area (Å²) in [6.45, 7) is 3.85. The maximum absolute atomic E-state index is 14.1. The summed E-state index contributed by atoms with van der Waals surface area (Å²) >= 11 is 6.43. The lowest BCUT2D eigenvalue weighted by atomic mass is 10.1. The number of nitrogens with zero attached hydrogens (tertiary/aromatic N) is 2. The number of carbonyl (C=O) groups is 2. The van der Waals surface area contributed by atoms with Gasteiger partial charge in [0, 0.05) is 18.1 Å². The Morgan fingerprint density at radius 1 is 0.950 bits per heavy atom. The average Bonchev–Trinajstić information content (AvgIpc) is 2.97. The van der Waals surface area contributed by atoms with E-state index in [0.29, 0.717) is 29.3 Å². The Kier molecular flexibility index (Phi) is 11.4. The number of ether oxygens (including phenoxy) is 1. The largest absolute Gasteiger partial charge is 0.497 e. The third-order valence-electron chi connectivity index (χ3n) is 6.48. The van der Waals surface area contributed by atoms with Crippen LogP contribution in [0.2, 0.25) is 5.02 Å². The van der Waals surface area contributed by atoms with Crippen molar-refractivity contribution in [3.05, 3.63) is 89.4 Å². The molecule has 3 aromatic rings. The van der Waals surface area contributed by atoms with Gasteiger partial charge in [0.1, 0.15) is 18.3 Å². The second kappa shape index (κ2) is 14.7. The van der Waals surface area contributed by atoms with E-state index in [4.69, 9.17) is 16.3 Å². The van der Waals surface area contributed by atoms with Crippen molar-refractivity contribution in [1.82, 2.24) is 10.2 Å². The zero-order valence-electron chi connectivity index (χ0n) is 23.0. The Morgan fingerprint density at radius 2 is 1.60 bits per heavy atom. The minimum Gasteiger partial charge on any atom is -0.497 e. The van der Waals surface area contributed by atoms with Crippen LogP contribution in [0, 0.1) is 0 Å². The molecule has 0 spiro atoms. The molecule has 0 fully saturated rings. The molecule has 0 bridgehead atoms. The normalized spacial score (nSPS) is 11.9. The topological polar surface area (TPSA) is 96.0 Å². The number of rotatable bonds is 14. The lowest BCUT2D eigenvalue weighted by Gasteiger charge is -2.33. The number of unbranched alkanes of at least 4 members (excludes halogenated alkanes) is 1. The van der Waals surface area contributed by atoms with Crippen LogP contribution < -0.4 is 14.4 Å². The van der Waals surface area contributed by atoms with Crippen molar-refractivity contribution in [2.75, 3.05) is 24.5 Å². The van der Waals surface area contributed by atoms with Crippen LogP contribution in [-0.4, -0.2) is 51.4 Å². The zero-order chi connectivity index (χ0) is 29.1. The fourth-order valence-corrected chi connectivity index (χ4v) is 5.86. The molecule has 0 unspecified atom stereocenters. The summed E-state index contributed by atoms with van der Waals surface area (Å²) < 4.78 is 33.9. The smallest absolute Gasteiger partial charge is 0.264 e. The molecule has 8 nitrogen and oxygen atoms in total. The Bertz CT molecular complexity index is 1370. The molecule has 0 aromatic heterocycles. The van der Waals surface area contributed by atoms with Gasteiger partial charge in [0.05, 0.1) is 17.7 Å². The Labute approximate surface area is 241 Å². The van der Waals surface area contributed by atoms with Crippen molar-refractivity contribution in [2.45, 2.75) is 50.6 Å². The monoisotopic (exact) mass is 585 g/mol. The average molecular weight is 586 g/mol. The number of benzene rings is 3. The molecule has 1 N–H and O–H groups in total. The van der Waals surface area contributed by atoms with Crippen LogP contribution in [-0.2, 0) is 26.2 Å². The number of hydrogen-bond donors (Lipinski definition) is 1. The number of carbonyl (C=O) groups excluding carboxylic acids is 2. The summed E-state index contributed by atoms with van der Waals surface area (Å²) in [6.07, 6.45) is 2.05. The van der Waals surface area contributed by atoms with E-state index in [0.717, 1.165) is 17.1 Å². The van der Waals surface area contributed by atoms with Crippen LogP contribution in [0.3, 0.4) is 0 Å². The van der Waals surface area contributed by atoms with Gasteiger partial charge in [0.2, 0.25) is 11.8 Å². The fourth-order valence-electron chi connectivity index (χ4n) is 4.23. The highest BCUT2D eigenvalue weighted by Crippen LogP contribution is 2.27. The van der Waals surface area contributed by atoms with Crippen molar-refractivity contribution >= 4 is 39.1 Å². The maximum atomic E-state index is 14.1.